The third kappa shape index (κ3) is 3.58. The monoisotopic (exact) mass is 417 g/mol. The number of carbonyl (C=O) groups is 2. The molecule has 160 valence electrons. The van der Waals surface area contributed by atoms with Gasteiger partial charge in [-0.3, -0.25) is 14.5 Å². The van der Waals surface area contributed by atoms with Crippen molar-refractivity contribution < 1.29 is 9.59 Å². The molecule has 5 rings (SSSR count). The van der Waals surface area contributed by atoms with Crippen LogP contribution in [0, 0.1) is 6.92 Å². The van der Waals surface area contributed by atoms with Gasteiger partial charge in [-0.25, -0.2) is 9.97 Å². The molecular weight excluding hydrogens is 390 g/mol. The summed E-state index contributed by atoms with van der Waals surface area (Å²) >= 11 is 0. The average molecular weight is 418 g/mol. The standard InChI is InChI=1S/C24H27N5O2/c1-15-18-8-10-21(30)28(2)24(18)27-23(26-15)17-11-12-29(14-17)22(31)9-7-16-13-25-20-6-4-3-5-19(16)20/h3-6,13,17,25H,7-12,14H2,1-2H3/t17-/m1/s1. The molecule has 0 radical (unpaired) electrons. The number of rotatable bonds is 4. The SMILES string of the molecule is Cc1nc([C@@H]2CCN(C(=O)CCc3c[nH]c4ccccc34)C2)nc2c1CCC(=O)N2C. The normalized spacial score (nSPS) is 18.6. The zero-order valence-corrected chi connectivity index (χ0v) is 18.0. The molecular formula is C24H27N5O2. The van der Waals surface area contributed by atoms with Gasteiger partial charge in [0.2, 0.25) is 11.8 Å². The fraction of sp³-hybridized carbons (Fsp3) is 0.417. The van der Waals surface area contributed by atoms with Crippen molar-refractivity contribution in [3.63, 3.8) is 0 Å². The van der Waals surface area contributed by atoms with Crippen molar-refractivity contribution in [2.75, 3.05) is 25.0 Å². The van der Waals surface area contributed by atoms with Crippen molar-refractivity contribution in [2.24, 2.45) is 0 Å². The summed E-state index contributed by atoms with van der Waals surface area (Å²) in [5.74, 6) is 1.88. The summed E-state index contributed by atoms with van der Waals surface area (Å²) in [5.41, 5.74) is 4.30. The maximum atomic E-state index is 12.9. The molecule has 0 bridgehead atoms. The Labute approximate surface area is 181 Å². The fourth-order valence-corrected chi connectivity index (χ4v) is 4.81. The van der Waals surface area contributed by atoms with Crippen molar-refractivity contribution in [1.82, 2.24) is 19.9 Å². The highest BCUT2D eigenvalue weighted by molar-refractivity contribution is 5.94. The van der Waals surface area contributed by atoms with Crippen molar-refractivity contribution in [2.45, 2.75) is 44.9 Å². The Kier molecular flexibility index (Phi) is 4.96. The summed E-state index contributed by atoms with van der Waals surface area (Å²) in [6, 6.07) is 8.18. The molecule has 31 heavy (non-hydrogen) atoms. The highest BCUT2D eigenvalue weighted by atomic mass is 16.2. The minimum Gasteiger partial charge on any atom is -0.361 e. The van der Waals surface area contributed by atoms with E-state index >= 15 is 0 Å². The van der Waals surface area contributed by atoms with Crippen LogP contribution in [0.3, 0.4) is 0 Å². The summed E-state index contributed by atoms with van der Waals surface area (Å²) in [6.07, 6.45) is 5.30. The Morgan fingerprint density at radius 1 is 1.23 bits per heavy atom. The molecule has 0 spiro atoms. The highest BCUT2D eigenvalue weighted by Gasteiger charge is 2.32. The summed E-state index contributed by atoms with van der Waals surface area (Å²) in [4.78, 5) is 41.3. The van der Waals surface area contributed by atoms with E-state index in [1.807, 2.05) is 30.2 Å². The molecule has 7 nitrogen and oxygen atoms in total. The summed E-state index contributed by atoms with van der Waals surface area (Å²) in [5, 5.41) is 1.19. The lowest BCUT2D eigenvalue weighted by molar-refractivity contribution is -0.130. The number of hydrogen-bond donors (Lipinski definition) is 1. The van der Waals surface area contributed by atoms with Crippen LogP contribution in [0.2, 0.25) is 0 Å². The van der Waals surface area contributed by atoms with E-state index in [0.717, 1.165) is 47.8 Å². The van der Waals surface area contributed by atoms with E-state index in [0.29, 0.717) is 25.8 Å². The highest BCUT2D eigenvalue weighted by Crippen LogP contribution is 2.31. The van der Waals surface area contributed by atoms with Gasteiger partial charge in [-0.15, -0.1) is 0 Å². The number of nitrogens with zero attached hydrogens (tertiary/aromatic N) is 4. The van der Waals surface area contributed by atoms with Crippen molar-refractivity contribution in [1.29, 1.82) is 0 Å². The van der Waals surface area contributed by atoms with E-state index in [-0.39, 0.29) is 17.7 Å². The number of fused-ring (bicyclic) bond motifs is 2. The zero-order valence-electron chi connectivity index (χ0n) is 18.0. The van der Waals surface area contributed by atoms with E-state index in [4.69, 9.17) is 9.97 Å². The number of hydrogen-bond acceptors (Lipinski definition) is 4. The van der Waals surface area contributed by atoms with Gasteiger partial charge >= 0.3 is 0 Å². The first-order valence-corrected chi connectivity index (χ1v) is 11.0. The smallest absolute Gasteiger partial charge is 0.228 e. The number of aromatic nitrogens is 3. The average Bonchev–Trinajstić information content (AvgIpc) is 3.42. The lowest BCUT2D eigenvalue weighted by Crippen LogP contribution is -2.33. The first-order valence-electron chi connectivity index (χ1n) is 11.0. The number of nitrogens with one attached hydrogen (secondary N) is 1. The maximum absolute atomic E-state index is 12.9. The second-order valence-electron chi connectivity index (χ2n) is 8.61. The number of carbonyl (C=O) groups excluding carboxylic acids is 2. The summed E-state index contributed by atoms with van der Waals surface area (Å²) in [6.45, 7) is 3.36. The first-order chi connectivity index (χ1) is 15.0. The van der Waals surface area contributed by atoms with Gasteiger partial charge in [0.15, 0.2) is 0 Å². The molecule has 2 aliphatic rings. The number of aromatic amines is 1. The number of likely N-dealkylation sites (tertiary alicyclic amines) is 1. The third-order valence-corrected chi connectivity index (χ3v) is 6.68. The molecule has 7 heteroatoms. The molecule has 4 heterocycles. The number of anilines is 1. The summed E-state index contributed by atoms with van der Waals surface area (Å²) in [7, 11) is 1.78. The molecule has 0 aliphatic carbocycles. The minimum absolute atomic E-state index is 0.0945. The van der Waals surface area contributed by atoms with Gasteiger partial charge in [0.05, 0.1) is 0 Å². The molecule has 1 N–H and O–H groups in total. The lowest BCUT2D eigenvalue weighted by atomic mass is 10.0. The van der Waals surface area contributed by atoms with Crippen LogP contribution in [0.1, 0.15) is 47.8 Å². The van der Waals surface area contributed by atoms with Crippen molar-refractivity contribution >= 4 is 28.5 Å². The second kappa shape index (κ2) is 7.80. The van der Waals surface area contributed by atoms with E-state index < -0.39 is 0 Å². The van der Waals surface area contributed by atoms with Crippen LogP contribution >= 0.6 is 0 Å². The second-order valence-corrected chi connectivity index (χ2v) is 8.61. The molecule has 2 amide bonds. The van der Waals surface area contributed by atoms with Gasteiger partial charge in [-0.05, 0) is 37.8 Å². The van der Waals surface area contributed by atoms with Crippen LogP contribution < -0.4 is 4.90 Å². The van der Waals surface area contributed by atoms with Gasteiger partial charge in [0, 0.05) is 67.3 Å². The van der Waals surface area contributed by atoms with E-state index in [2.05, 4.69) is 17.1 Å². The molecule has 3 aromatic rings. The molecule has 2 aromatic heterocycles. The Morgan fingerprint density at radius 3 is 2.94 bits per heavy atom. The van der Waals surface area contributed by atoms with E-state index in [9.17, 15) is 9.59 Å². The Morgan fingerprint density at radius 2 is 2.06 bits per heavy atom. The van der Waals surface area contributed by atoms with Crippen LogP contribution in [-0.4, -0.2) is 51.8 Å². The molecule has 0 unspecified atom stereocenters. The van der Waals surface area contributed by atoms with Gasteiger partial charge in [0.25, 0.3) is 0 Å². The Bertz CT molecular complexity index is 1170. The third-order valence-electron chi connectivity index (χ3n) is 6.68. The van der Waals surface area contributed by atoms with Crippen LogP contribution in [0.15, 0.2) is 30.5 Å². The quantitative estimate of drug-likeness (QED) is 0.707. The largest absolute Gasteiger partial charge is 0.361 e. The fourth-order valence-electron chi connectivity index (χ4n) is 4.81. The van der Waals surface area contributed by atoms with Gasteiger partial charge in [-0.2, -0.15) is 0 Å². The van der Waals surface area contributed by atoms with Crippen LogP contribution in [0.4, 0.5) is 5.82 Å². The molecule has 2 aliphatic heterocycles. The Balaban J connectivity index is 1.26. The van der Waals surface area contributed by atoms with Gasteiger partial charge < -0.3 is 9.88 Å². The first kappa shape index (κ1) is 19.7. The van der Waals surface area contributed by atoms with E-state index in [1.165, 1.54) is 10.9 Å². The van der Waals surface area contributed by atoms with Gasteiger partial charge in [0.1, 0.15) is 11.6 Å². The van der Waals surface area contributed by atoms with Crippen LogP contribution in [-0.2, 0) is 22.4 Å². The lowest BCUT2D eigenvalue weighted by Gasteiger charge is -2.26. The number of para-hydroxylation sites is 1. The van der Waals surface area contributed by atoms with Crippen molar-refractivity contribution in [3.05, 3.63) is 53.1 Å². The van der Waals surface area contributed by atoms with Crippen LogP contribution in [0.5, 0.6) is 0 Å². The molecule has 1 atom stereocenters. The van der Waals surface area contributed by atoms with Crippen molar-refractivity contribution in [3.8, 4) is 0 Å². The number of H-pyrrole nitrogens is 1. The zero-order chi connectivity index (χ0) is 21.5. The molecule has 1 fully saturated rings. The van der Waals surface area contributed by atoms with E-state index in [1.54, 1.807) is 11.9 Å². The number of amides is 2. The molecule has 0 saturated carbocycles. The number of aryl methyl sites for hydroxylation is 2. The number of benzene rings is 1. The maximum Gasteiger partial charge on any atom is 0.228 e. The van der Waals surface area contributed by atoms with Crippen LogP contribution in [0.25, 0.3) is 10.9 Å². The summed E-state index contributed by atoms with van der Waals surface area (Å²) < 4.78 is 0. The van der Waals surface area contributed by atoms with Gasteiger partial charge in [-0.1, -0.05) is 18.2 Å². The Hall–Kier alpha value is -3.22. The predicted octanol–water partition coefficient (Wildman–Crippen LogP) is 3.12. The topological polar surface area (TPSA) is 82.2 Å². The molecule has 1 aromatic carbocycles. The predicted molar refractivity (Wildman–Crippen MR) is 119 cm³/mol. The molecule has 1 saturated heterocycles. The minimum atomic E-state index is 0.0945.